The average Bonchev–Trinajstić information content (AvgIpc) is 2.21. The zero-order valence-electron chi connectivity index (χ0n) is 8.99. The molecule has 13 nitrogen and oxygen atoms in total. The van der Waals surface area contributed by atoms with Crippen molar-refractivity contribution in [3.63, 3.8) is 0 Å². The molecule has 0 bridgehead atoms. The first kappa shape index (κ1) is 16.1. The van der Waals surface area contributed by atoms with Crippen LogP contribution in [0.15, 0.2) is 0 Å². The summed E-state index contributed by atoms with van der Waals surface area (Å²) in [6.07, 6.45) is -2.89. The minimum absolute atomic E-state index is 1.22. The third kappa shape index (κ3) is 3.30. The molecule has 0 saturated heterocycles. The van der Waals surface area contributed by atoms with Gasteiger partial charge in [0.05, 0.1) is 12.3 Å². The van der Waals surface area contributed by atoms with Crippen molar-refractivity contribution in [2.45, 2.75) is 18.6 Å². The van der Waals surface area contributed by atoms with Gasteiger partial charge < -0.3 is 10.2 Å². The summed E-state index contributed by atoms with van der Waals surface area (Å²) in [6.45, 7) is 0. The van der Waals surface area contributed by atoms with Crippen LogP contribution in [0, 0.1) is 36.3 Å². The summed E-state index contributed by atoms with van der Waals surface area (Å²) in [4.78, 5) is 47.0. The van der Waals surface area contributed by atoms with Crippen LogP contribution in [0.4, 0.5) is 0 Å². The lowest BCUT2D eigenvalue weighted by atomic mass is 9.97. The van der Waals surface area contributed by atoms with Crippen LogP contribution in [0.1, 0.15) is 12.8 Å². The molecule has 0 spiro atoms. The lowest BCUT2D eigenvalue weighted by Crippen LogP contribution is -2.55. The fourth-order valence-corrected chi connectivity index (χ4v) is 1.21. The van der Waals surface area contributed by atoms with Crippen LogP contribution in [-0.2, 0) is 9.59 Å². The van der Waals surface area contributed by atoms with E-state index in [0.717, 1.165) is 0 Å². The third-order valence-corrected chi connectivity index (χ3v) is 2.17. The van der Waals surface area contributed by atoms with E-state index < -0.39 is 51.3 Å². The molecule has 0 aromatic heterocycles. The Morgan fingerprint density at radius 1 is 1.00 bits per heavy atom. The highest BCUT2D eigenvalue weighted by Gasteiger charge is 2.71. The van der Waals surface area contributed by atoms with Gasteiger partial charge in [0.1, 0.15) is 0 Å². The standard InChI is InChI=1S/C6H7N3O10/c10-4(11)1-3(5(12)13)2-6(7(14)15,8(16)17)9(18)19/h3H,1-2H2,(H,10,11)(H,12,13). The monoisotopic (exact) mass is 281 g/mol. The molecular formula is C6H7N3O10. The summed E-state index contributed by atoms with van der Waals surface area (Å²) in [5, 5.41) is 48.6. The highest BCUT2D eigenvalue weighted by Crippen LogP contribution is 2.25. The lowest BCUT2D eigenvalue weighted by Gasteiger charge is -2.12. The zero-order valence-corrected chi connectivity index (χ0v) is 8.99. The van der Waals surface area contributed by atoms with E-state index in [0.29, 0.717) is 0 Å². The van der Waals surface area contributed by atoms with Gasteiger partial charge in [-0.25, -0.2) is 0 Å². The van der Waals surface area contributed by atoms with Gasteiger partial charge in [0.15, 0.2) is 21.2 Å². The summed E-state index contributed by atoms with van der Waals surface area (Å²) in [6, 6.07) is 0. The van der Waals surface area contributed by atoms with Gasteiger partial charge in [0.2, 0.25) is 0 Å². The fraction of sp³-hybridized carbons (Fsp3) is 0.667. The molecule has 0 aliphatic carbocycles. The summed E-state index contributed by atoms with van der Waals surface area (Å²) in [5.74, 6) is -9.76. The topological polar surface area (TPSA) is 204 Å². The number of hydrogen-bond acceptors (Lipinski definition) is 8. The Morgan fingerprint density at radius 3 is 1.58 bits per heavy atom. The molecule has 0 heterocycles. The Bertz CT molecular complexity index is 409. The van der Waals surface area contributed by atoms with Gasteiger partial charge in [-0.05, 0) is 0 Å². The van der Waals surface area contributed by atoms with Crippen LogP contribution in [0.3, 0.4) is 0 Å². The molecule has 0 aliphatic rings. The molecule has 0 rings (SSSR count). The molecule has 19 heavy (non-hydrogen) atoms. The van der Waals surface area contributed by atoms with Gasteiger partial charge in [-0.3, -0.25) is 39.9 Å². The molecule has 0 aromatic carbocycles. The Balaban J connectivity index is 5.58. The van der Waals surface area contributed by atoms with Gasteiger partial charge in [-0.1, -0.05) is 0 Å². The van der Waals surface area contributed by atoms with E-state index in [2.05, 4.69) is 0 Å². The maximum absolute atomic E-state index is 10.6. The van der Waals surface area contributed by atoms with Crippen molar-refractivity contribution in [2.75, 3.05) is 0 Å². The number of carboxylic acids is 2. The number of hydrogen-bond donors (Lipinski definition) is 2. The molecule has 0 amide bonds. The fourth-order valence-electron chi connectivity index (χ4n) is 1.21. The van der Waals surface area contributed by atoms with Crippen LogP contribution < -0.4 is 0 Å². The third-order valence-electron chi connectivity index (χ3n) is 2.17. The first-order valence-electron chi connectivity index (χ1n) is 4.43. The minimum atomic E-state index is -3.99. The minimum Gasteiger partial charge on any atom is -0.481 e. The number of rotatable bonds is 8. The second-order valence-corrected chi connectivity index (χ2v) is 3.38. The number of aliphatic carboxylic acids is 2. The largest absolute Gasteiger partial charge is 0.700 e. The molecule has 0 aliphatic heterocycles. The molecule has 0 radical (unpaired) electrons. The van der Waals surface area contributed by atoms with Crippen molar-refractivity contribution >= 4 is 11.9 Å². The Hall–Kier alpha value is -2.86. The Labute approximate surface area is 102 Å². The van der Waals surface area contributed by atoms with Gasteiger partial charge in [-0.15, -0.1) is 0 Å². The molecule has 0 aromatic rings. The lowest BCUT2D eigenvalue weighted by molar-refractivity contribution is -0.971. The van der Waals surface area contributed by atoms with E-state index in [4.69, 9.17) is 10.2 Å². The van der Waals surface area contributed by atoms with Crippen LogP contribution in [0.2, 0.25) is 0 Å². The van der Waals surface area contributed by atoms with E-state index in [-0.39, 0.29) is 0 Å². The van der Waals surface area contributed by atoms with E-state index in [1.54, 1.807) is 0 Å². The van der Waals surface area contributed by atoms with Crippen molar-refractivity contribution in [3.8, 4) is 0 Å². The van der Waals surface area contributed by atoms with E-state index in [1.807, 2.05) is 0 Å². The molecule has 1 unspecified atom stereocenters. The smallest absolute Gasteiger partial charge is 0.481 e. The SMILES string of the molecule is O=C(O)CC(CC([N+](=O)[O-])([N+](=O)[O-])[N+](=O)[O-])C(=O)O. The maximum atomic E-state index is 10.6. The second kappa shape index (κ2) is 5.65. The maximum Gasteiger partial charge on any atom is 0.700 e. The van der Waals surface area contributed by atoms with Gasteiger partial charge in [0, 0.05) is 0 Å². The summed E-state index contributed by atoms with van der Waals surface area (Å²) in [7, 11) is 0. The molecular weight excluding hydrogens is 274 g/mol. The van der Waals surface area contributed by atoms with Crippen molar-refractivity contribution in [1.29, 1.82) is 0 Å². The van der Waals surface area contributed by atoms with Crippen LogP contribution in [-0.4, -0.2) is 42.7 Å². The number of nitro groups is 3. The van der Waals surface area contributed by atoms with Crippen molar-refractivity contribution in [3.05, 3.63) is 30.3 Å². The predicted molar refractivity (Wildman–Crippen MR) is 51.7 cm³/mol. The molecule has 0 fully saturated rings. The van der Waals surface area contributed by atoms with Crippen LogP contribution in [0.5, 0.6) is 0 Å². The van der Waals surface area contributed by atoms with Crippen molar-refractivity contribution in [2.24, 2.45) is 5.92 Å². The van der Waals surface area contributed by atoms with Gasteiger partial charge in [0.25, 0.3) is 0 Å². The average molecular weight is 281 g/mol. The van der Waals surface area contributed by atoms with Crippen molar-refractivity contribution in [1.82, 2.24) is 0 Å². The summed E-state index contributed by atoms with van der Waals surface area (Å²) >= 11 is 0. The molecule has 0 saturated carbocycles. The summed E-state index contributed by atoms with van der Waals surface area (Å²) in [5.41, 5.74) is 0. The Morgan fingerprint density at radius 2 is 1.37 bits per heavy atom. The quantitative estimate of drug-likeness (QED) is 0.316. The van der Waals surface area contributed by atoms with E-state index in [1.165, 1.54) is 0 Å². The van der Waals surface area contributed by atoms with Crippen molar-refractivity contribution < 1.29 is 34.6 Å². The highest BCUT2D eigenvalue weighted by molar-refractivity contribution is 5.77. The second-order valence-electron chi connectivity index (χ2n) is 3.38. The Kier molecular flexibility index (Phi) is 4.80. The summed E-state index contributed by atoms with van der Waals surface area (Å²) < 4.78 is 0. The van der Waals surface area contributed by atoms with E-state index >= 15 is 0 Å². The van der Waals surface area contributed by atoms with Crippen LogP contribution in [0.25, 0.3) is 0 Å². The molecule has 2 N–H and O–H groups in total. The van der Waals surface area contributed by atoms with Gasteiger partial charge in [-0.2, -0.15) is 0 Å². The predicted octanol–water partition coefficient (Wildman–Crippen LogP) is -0.964. The molecule has 13 heteroatoms. The first-order chi connectivity index (χ1) is 8.55. The zero-order chi connectivity index (χ0) is 15.4. The number of nitrogens with zero attached hydrogens (tertiary/aromatic N) is 3. The number of carbonyl (C=O) groups is 2. The molecule has 1 atom stereocenters. The number of carboxylic acid groups (broad SMARTS) is 2. The van der Waals surface area contributed by atoms with Gasteiger partial charge >= 0.3 is 17.7 Å². The van der Waals surface area contributed by atoms with E-state index in [9.17, 15) is 39.9 Å². The highest BCUT2D eigenvalue weighted by atomic mass is 16.7. The van der Waals surface area contributed by atoms with Crippen LogP contribution >= 0.6 is 0 Å². The molecule has 106 valence electrons. The normalized spacial score (nSPS) is 12.4. The first-order valence-corrected chi connectivity index (χ1v) is 4.43.